The second-order valence-electron chi connectivity index (χ2n) is 5.76. The molecule has 2 heterocycles. The van der Waals surface area contributed by atoms with E-state index in [2.05, 4.69) is 53.5 Å². The molecule has 3 heteroatoms. The maximum Gasteiger partial charge on any atom is 0.165 e. The lowest BCUT2D eigenvalue weighted by Gasteiger charge is -2.29. The van der Waals surface area contributed by atoms with Gasteiger partial charge in [-0.25, -0.2) is 0 Å². The molecule has 0 bridgehead atoms. The van der Waals surface area contributed by atoms with Crippen LogP contribution in [0.25, 0.3) is 6.08 Å². The van der Waals surface area contributed by atoms with Crippen LogP contribution in [0.5, 0.6) is 5.75 Å². The van der Waals surface area contributed by atoms with E-state index in [1.54, 1.807) is 7.11 Å². The van der Waals surface area contributed by atoms with Gasteiger partial charge in [0.2, 0.25) is 0 Å². The fraction of sp³-hybridized carbons (Fsp3) is 0.263. The van der Waals surface area contributed by atoms with E-state index in [-0.39, 0.29) is 5.72 Å². The number of ether oxygens (including phenoxy) is 2. The van der Waals surface area contributed by atoms with Gasteiger partial charge in [-0.1, -0.05) is 36.4 Å². The molecule has 0 spiro atoms. The summed E-state index contributed by atoms with van der Waals surface area (Å²) < 4.78 is 11.3. The second kappa shape index (κ2) is 5.18. The zero-order valence-electron chi connectivity index (χ0n) is 12.7. The number of methoxy groups -OCH3 is 1. The largest absolute Gasteiger partial charge is 0.497 e. The van der Waals surface area contributed by atoms with Gasteiger partial charge in [-0.15, -0.1) is 0 Å². The fourth-order valence-corrected chi connectivity index (χ4v) is 3.39. The Morgan fingerprint density at radius 2 is 1.95 bits per heavy atom. The van der Waals surface area contributed by atoms with E-state index in [0.717, 1.165) is 30.9 Å². The quantitative estimate of drug-likeness (QED) is 0.864. The normalized spacial score (nSPS) is 22.9. The number of fused-ring (bicyclic) bond motifs is 3. The Balaban J connectivity index is 1.63. The zero-order valence-corrected chi connectivity index (χ0v) is 12.7. The van der Waals surface area contributed by atoms with E-state index < -0.39 is 0 Å². The molecule has 2 aliphatic heterocycles. The molecular formula is C19H19NO2. The van der Waals surface area contributed by atoms with Crippen LogP contribution in [0.1, 0.15) is 11.1 Å². The first-order valence-corrected chi connectivity index (χ1v) is 7.64. The van der Waals surface area contributed by atoms with Gasteiger partial charge in [-0.3, -0.25) is 0 Å². The van der Waals surface area contributed by atoms with Gasteiger partial charge >= 0.3 is 0 Å². The van der Waals surface area contributed by atoms with Gasteiger partial charge in [-0.2, -0.15) is 0 Å². The van der Waals surface area contributed by atoms with Crippen LogP contribution in [0, 0.1) is 0 Å². The first-order valence-electron chi connectivity index (χ1n) is 7.64. The summed E-state index contributed by atoms with van der Waals surface area (Å²) in [6.45, 7) is 1.73. The molecule has 0 aliphatic carbocycles. The molecule has 0 saturated carbocycles. The molecule has 2 aliphatic rings. The van der Waals surface area contributed by atoms with E-state index in [4.69, 9.17) is 9.47 Å². The maximum absolute atomic E-state index is 6.13. The Labute approximate surface area is 130 Å². The molecule has 1 fully saturated rings. The standard InChI is InChI=1S/C19H19NO2/c1-21-17-8-6-15(7-9-17)10-11-19-14-16-4-2-3-5-18(16)20(19)12-13-22-19/h2-11H,12-14H2,1H3/b11-10+. The van der Waals surface area contributed by atoms with Crippen molar-refractivity contribution in [1.82, 2.24) is 0 Å². The first kappa shape index (κ1) is 13.4. The topological polar surface area (TPSA) is 21.7 Å². The molecule has 1 saturated heterocycles. The highest BCUT2D eigenvalue weighted by molar-refractivity contribution is 5.65. The Hall–Kier alpha value is -2.26. The molecule has 4 rings (SSSR count). The van der Waals surface area contributed by atoms with Crippen molar-refractivity contribution in [3.8, 4) is 5.75 Å². The van der Waals surface area contributed by atoms with Crippen molar-refractivity contribution in [2.45, 2.75) is 12.1 Å². The van der Waals surface area contributed by atoms with Gasteiger partial charge in [0.1, 0.15) is 5.75 Å². The highest BCUT2D eigenvalue weighted by atomic mass is 16.5. The summed E-state index contributed by atoms with van der Waals surface area (Å²) in [6.07, 6.45) is 5.25. The highest BCUT2D eigenvalue weighted by Crippen LogP contribution is 2.43. The van der Waals surface area contributed by atoms with E-state index in [0.29, 0.717) is 0 Å². The van der Waals surface area contributed by atoms with Gasteiger partial charge in [0.05, 0.1) is 13.7 Å². The predicted octanol–water partition coefficient (Wildman–Crippen LogP) is 3.50. The number of nitrogens with zero attached hydrogens (tertiary/aromatic N) is 1. The van der Waals surface area contributed by atoms with Gasteiger partial charge in [0, 0.05) is 18.7 Å². The van der Waals surface area contributed by atoms with Crippen LogP contribution in [-0.2, 0) is 11.2 Å². The van der Waals surface area contributed by atoms with Crippen LogP contribution in [0.3, 0.4) is 0 Å². The smallest absolute Gasteiger partial charge is 0.165 e. The van der Waals surface area contributed by atoms with Crippen molar-refractivity contribution in [2.75, 3.05) is 25.2 Å². The molecule has 1 atom stereocenters. The number of para-hydroxylation sites is 1. The lowest BCUT2D eigenvalue weighted by Crippen LogP contribution is -2.40. The van der Waals surface area contributed by atoms with E-state index >= 15 is 0 Å². The molecule has 2 aromatic carbocycles. The molecule has 22 heavy (non-hydrogen) atoms. The highest BCUT2D eigenvalue weighted by Gasteiger charge is 2.46. The number of benzene rings is 2. The maximum atomic E-state index is 6.13. The van der Waals surface area contributed by atoms with Crippen molar-refractivity contribution in [3.63, 3.8) is 0 Å². The number of hydrogen-bond acceptors (Lipinski definition) is 3. The minimum atomic E-state index is -0.316. The lowest BCUT2D eigenvalue weighted by molar-refractivity contribution is 0.0538. The van der Waals surface area contributed by atoms with Crippen LogP contribution >= 0.6 is 0 Å². The predicted molar refractivity (Wildman–Crippen MR) is 88.2 cm³/mol. The van der Waals surface area contributed by atoms with Gasteiger partial charge < -0.3 is 14.4 Å². The molecule has 1 unspecified atom stereocenters. The van der Waals surface area contributed by atoms with Crippen LogP contribution in [-0.4, -0.2) is 26.0 Å². The third-order valence-electron chi connectivity index (χ3n) is 4.50. The Bertz CT molecular complexity index is 708. The fourth-order valence-electron chi connectivity index (χ4n) is 3.39. The Morgan fingerprint density at radius 1 is 1.14 bits per heavy atom. The molecule has 0 radical (unpaired) electrons. The van der Waals surface area contributed by atoms with Crippen molar-refractivity contribution in [1.29, 1.82) is 0 Å². The summed E-state index contributed by atoms with van der Waals surface area (Å²) in [4.78, 5) is 2.38. The van der Waals surface area contributed by atoms with Gasteiger partial charge in [-0.05, 0) is 35.4 Å². The monoisotopic (exact) mass is 293 g/mol. The van der Waals surface area contributed by atoms with E-state index in [1.807, 2.05) is 12.1 Å². The first-order chi connectivity index (χ1) is 10.8. The van der Waals surface area contributed by atoms with Crippen LogP contribution in [0.15, 0.2) is 54.6 Å². The summed E-state index contributed by atoms with van der Waals surface area (Å²) in [5.74, 6) is 0.877. The molecule has 3 nitrogen and oxygen atoms in total. The van der Waals surface area contributed by atoms with Crippen molar-refractivity contribution >= 4 is 11.8 Å². The van der Waals surface area contributed by atoms with Crippen LogP contribution in [0.4, 0.5) is 5.69 Å². The summed E-state index contributed by atoms with van der Waals surface area (Å²) >= 11 is 0. The molecule has 0 aromatic heterocycles. The summed E-state index contributed by atoms with van der Waals surface area (Å²) in [5, 5.41) is 0. The summed E-state index contributed by atoms with van der Waals surface area (Å²) in [7, 11) is 1.68. The lowest BCUT2D eigenvalue weighted by atomic mass is 10.1. The van der Waals surface area contributed by atoms with Crippen LogP contribution in [0.2, 0.25) is 0 Å². The molecule has 2 aromatic rings. The van der Waals surface area contributed by atoms with Crippen LogP contribution < -0.4 is 9.64 Å². The summed E-state index contributed by atoms with van der Waals surface area (Å²) in [5.41, 5.74) is 3.51. The third-order valence-corrected chi connectivity index (χ3v) is 4.50. The van der Waals surface area contributed by atoms with Crippen molar-refractivity contribution in [3.05, 3.63) is 65.7 Å². The minimum absolute atomic E-state index is 0.316. The summed E-state index contributed by atoms with van der Waals surface area (Å²) in [6, 6.07) is 16.7. The number of hydrogen-bond donors (Lipinski definition) is 0. The average molecular weight is 293 g/mol. The SMILES string of the molecule is COc1ccc(/C=C/C23Cc4ccccc4N2CCO3)cc1. The second-order valence-corrected chi connectivity index (χ2v) is 5.76. The Morgan fingerprint density at radius 3 is 2.77 bits per heavy atom. The molecule has 0 amide bonds. The number of anilines is 1. The molecule has 0 N–H and O–H groups in total. The molecular weight excluding hydrogens is 274 g/mol. The zero-order chi connectivity index (χ0) is 15.0. The van der Waals surface area contributed by atoms with Gasteiger partial charge in [0.25, 0.3) is 0 Å². The molecule has 112 valence electrons. The van der Waals surface area contributed by atoms with Gasteiger partial charge in [0.15, 0.2) is 5.72 Å². The number of rotatable bonds is 3. The van der Waals surface area contributed by atoms with Crippen molar-refractivity contribution in [2.24, 2.45) is 0 Å². The van der Waals surface area contributed by atoms with Crippen molar-refractivity contribution < 1.29 is 9.47 Å². The minimum Gasteiger partial charge on any atom is -0.497 e. The third kappa shape index (κ3) is 2.09. The van der Waals surface area contributed by atoms with E-state index in [1.165, 1.54) is 11.3 Å². The van der Waals surface area contributed by atoms with E-state index in [9.17, 15) is 0 Å². The average Bonchev–Trinajstić information content (AvgIpc) is 3.10. The Kier molecular flexibility index (Phi) is 3.16.